The number of hydrogen-bond acceptors (Lipinski definition) is 4. The molecule has 94 valence electrons. The van der Waals surface area contributed by atoms with Crippen molar-refractivity contribution in [2.75, 3.05) is 12.4 Å². The minimum Gasteiger partial charge on any atom is -0.436 e. The van der Waals surface area contributed by atoms with E-state index in [1.807, 2.05) is 0 Å². The Bertz CT molecular complexity index is 582. The Morgan fingerprint density at radius 1 is 1.44 bits per heavy atom. The smallest absolute Gasteiger partial charge is 0.243 e. The van der Waals surface area contributed by atoms with Gasteiger partial charge in [-0.2, -0.15) is 4.98 Å². The summed E-state index contributed by atoms with van der Waals surface area (Å²) in [6.07, 6.45) is 1.41. The number of ether oxygens (including phenoxy) is 1. The van der Waals surface area contributed by atoms with E-state index < -0.39 is 5.82 Å². The van der Waals surface area contributed by atoms with Gasteiger partial charge in [-0.1, -0.05) is 11.6 Å². The maximum Gasteiger partial charge on any atom is 0.243 e. The third-order valence-electron chi connectivity index (χ3n) is 2.04. The van der Waals surface area contributed by atoms with Crippen molar-refractivity contribution in [2.45, 2.75) is 0 Å². The predicted molar refractivity (Wildman–Crippen MR) is 70.8 cm³/mol. The van der Waals surface area contributed by atoms with E-state index in [1.54, 1.807) is 13.1 Å². The summed E-state index contributed by atoms with van der Waals surface area (Å²) in [5.41, 5.74) is 0. The first-order valence-electron chi connectivity index (χ1n) is 4.93. The Morgan fingerprint density at radius 2 is 2.22 bits per heavy atom. The van der Waals surface area contributed by atoms with E-state index >= 15 is 0 Å². The maximum atomic E-state index is 13.1. The van der Waals surface area contributed by atoms with E-state index in [9.17, 15) is 4.39 Å². The van der Waals surface area contributed by atoms with Crippen LogP contribution in [0.2, 0.25) is 5.02 Å². The summed E-state index contributed by atoms with van der Waals surface area (Å²) in [4.78, 5) is 7.96. The molecule has 0 aliphatic rings. The van der Waals surface area contributed by atoms with Crippen molar-refractivity contribution in [3.8, 4) is 11.6 Å². The number of rotatable bonds is 3. The molecule has 0 saturated heterocycles. The monoisotopic (exact) mass is 331 g/mol. The molecular weight excluding hydrogens is 324 g/mol. The van der Waals surface area contributed by atoms with E-state index in [2.05, 4.69) is 31.2 Å². The van der Waals surface area contributed by atoms with Gasteiger partial charge in [0.15, 0.2) is 0 Å². The number of anilines is 1. The average Bonchev–Trinajstić information content (AvgIpc) is 2.36. The molecule has 0 unspecified atom stereocenters. The Balaban J connectivity index is 2.36. The number of hydrogen-bond donors (Lipinski definition) is 1. The van der Waals surface area contributed by atoms with Crippen molar-refractivity contribution < 1.29 is 9.13 Å². The van der Waals surface area contributed by atoms with Gasteiger partial charge in [-0.25, -0.2) is 9.37 Å². The molecule has 0 spiro atoms. The maximum absolute atomic E-state index is 13.1. The molecule has 1 aromatic carbocycles. The number of nitrogens with one attached hydrogen (secondary N) is 1. The molecule has 0 saturated carbocycles. The van der Waals surface area contributed by atoms with Crippen LogP contribution < -0.4 is 10.1 Å². The first-order chi connectivity index (χ1) is 8.60. The second kappa shape index (κ2) is 5.49. The molecule has 2 aromatic rings. The first kappa shape index (κ1) is 13.0. The van der Waals surface area contributed by atoms with Crippen molar-refractivity contribution >= 4 is 33.5 Å². The van der Waals surface area contributed by atoms with Gasteiger partial charge in [0, 0.05) is 13.1 Å². The molecule has 1 heterocycles. The van der Waals surface area contributed by atoms with Crippen LogP contribution in [0.25, 0.3) is 0 Å². The SMILES string of the molecule is CNc1ncc(Cl)c(Oc2cc(F)ccc2Br)n1. The van der Waals surface area contributed by atoms with E-state index in [1.165, 1.54) is 18.3 Å². The first-order valence-corrected chi connectivity index (χ1v) is 6.10. The Hall–Kier alpha value is -1.40. The number of aromatic nitrogens is 2. The number of halogens is 3. The minimum atomic E-state index is -0.410. The van der Waals surface area contributed by atoms with Crippen molar-refractivity contribution in [3.05, 3.63) is 39.7 Å². The fraction of sp³-hybridized carbons (Fsp3) is 0.0909. The van der Waals surface area contributed by atoms with Crippen molar-refractivity contribution in [3.63, 3.8) is 0 Å². The quantitative estimate of drug-likeness (QED) is 0.927. The fourth-order valence-corrected chi connectivity index (χ4v) is 1.66. The molecular formula is C11H8BrClFN3O. The summed E-state index contributed by atoms with van der Waals surface area (Å²) in [5.74, 6) is 0.397. The van der Waals surface area contributed by atoms with Gasteiger partial charge in [-0.05, 0) is 28.1 Å². The molecule has 0 atom stereocenters. The molecule has 1 N–H and O–H groups in total. The molecule has 0 bridgehead atoms. The lowest BCUT2D eigenvalue weighted by Crippen LogP contribution is -1.98. The summed E-state index contributed by atoms with van der Waals surface area (Å²) in [6, 6.07) is 4.10. The highest BCUT2D eigenvalue weighted by molar-refractivity contribution is 9.10. The number of benzene rings is 1. The highest BCUT2D eigenvalue weighted by Gasteiger charge is 2.10. The zero-order chi connectivity index (χ0) is 13.1. The Morgan fingerprint density at radius 3 is 2.94 bits per heavy atom. The topological polar surface area (TPSA) is 47.0 Å². The molecule has 2 rings (SSSR count). The molecule has 0 fully saturated rings. The second-order valence-electron chi connectivity index (χ2n) is 3.27. The van der Waals surface area contributed by atoms with Crippen LogP contribution in [-0.4, -0.2) is 17.0 Å². The standard InChI is InChI=1S/C11H8BrClFN3O/c1-15-11-16-5-8(13)10(17-11)18-9-4-6(14)2-3-7(9)12/h2-5H,1H3,(H,15,16,17). The lowest BCUT2D eigenvalue weighted by molar-refractivity contribution is 0.455. The molecule has 4 nitrogen and oxygen atoms in total. The largest absolute Gasteiger partial charge is 0.436 e. The van der Waals surface area contributed by atoms with E-state index in [-0.39, 0.29) is 16.7 Å². The van der Waals surface area contributed by atoms with Gasteiger partial charge < -0.3 is 10.1 Å². The average molecular weight is 333 g/mol. The molecule has 18 heavy (non-hydrogen) atoms. The zero-order valence-electron chi connectivity index (χ0n) is 9.25. The lowest BCUT2D eigenvalue weighted by atomic mass is 10.3. The van der Waals surface area contributed by atoms with Crippen LogP contribution in [-0.2, 0) is 0 Å². The third kappa shape index (κ3) is 2.88. The zero-order valence-corrected chi connectivity index (χ0v) is 11.6. The summed E-state index contributed by atoms with van der Waals surface area (Å²) in [6.45, 7) is 0. The normalized spacial score (nSPS) is 10.2. The van der Waals surface area contributed by atoms with Crippen LogP contribution in [0.5, 0.6) is 11.6 Å². The highest BCUT2D eigenvalue weighted by Crippen LogP contribution is 2.32. The van der Waals surface area contributed by atoms with Gasteiger partial charge in [-0.3, -0.25) is 0 Å². The Kier molecular flexibility index (Phi) is 3.98. The molecule has 0 aliphatic carbocycles. The third-order valence-corrected chi connectivity index (χ3v) is 2.95. The van der Waals surface area contributed by atoms with Crippen molar-refractivity contribution in [1.29, 1.82) is 0 Å². The van der Waals surface area contributed by atoms with Gasteiger partial charge in [0.25, 0.3) is 0 Å². The summed E-state index contributed by atoms with van der Waals surface area (Å²) >= 11 is 9.16. The van der Waals surface area contributed by atoms with Crippen LogP contribution in [0, 0.1) is 5.82 Å². The van der Waals surface area contributed by atoms with E-state index in [4.69, 9.17) is 16.3 Å². The number of nitrogens with zero attached hydrogens (tertiary/aromatic N) is 2. The van der Waals surface area contributed by atoms with Gasteiger partial charge in [-0.15, -0.1) is 0 Å². The van der Waals surface area contributed by atoms with Gasteiger partial charge in [0.05, 0.1) is 10.7 Å². The summed E-state index contributed by atoms with van der Waals surface area (Å²) in [7, 11) is 1.67. The minimum absolute atomic E-state index is 0.155. The van der Waals surface area contributed by atoms with Gasteiger partial charge >= 0.3 is 0 Å². The van der Waals surface area contributed by atoms with Gasteiger partial charge in [0.1, 0.15) is 16.6 Å². The summed E-state index contributed by atoms with van der Waals surface area (Å²) < 4.78 is 19.2. The molecule has 0 amide bonds. The fourth-order valence-electron chi connectivity index (χ4n) is 1.20. The van der Waals surface area contributed by atoms with E-state index in [0.29, 0.717) is 10.4 Å². The molecule has 0 aliphatic heterocycles. The Labute approximate surface area is 116 Å². The molecule has 1 aromatic heterocycles. The molecule has 7 heteroatoms. The van der Waals surface area contributed by atoms with Crippen LogP contribution in [0.4, 0.5) is 10.3 Å². The van der Waals surface area contributed by atoms with Crippen LogP contribution in [0.15, 0.2) is 28.9 Å². The predicted octanol–water partition coefficient (Wildman–Crippen LogP) is 3.87. The summed E-state index contributed by atoms with van der Waals surface area (Å²) in [5, 5.41) is 3.00. The van der Waals surface area contributed by atoms with Gasteiger partial charge in [0.2, 0.25) is 11.8 Å². The van der Waals surface area contributed by atoms with E-state index in [0.717, 1.165) is 0 Å². The second-order valence-corrected chi connectivity index (χ2v) is 4.54. The molecule has 0 radical (unpaired) electrons. The van der Waals surface area contributed by atoms with Crippen LogP contribution in [0.1, 0.15) is 0 Å². The van der Waals surface area contributed by atoms with Crippen molar-refractivity contribution in [2.24, 2.45) is 0 Å². The lowest BCUT2D eigenvalue weighted by Gasteiger charge is -2.09. The van der Waals surface area contributed by atoms with Crippen LogP contribution >= 0.6 is 27.5 Å². The van der Waals surface area contributed by atoms with Crippen molar-refractivity contribution in [1.82, 2.24) is 9.97 Å². The highest BCUT2D eigenvalue weighted by atomic mass is 79.9. The van der Waals surface area contributed by atoms with Crippen LogP contribution in [0.3, 0.4) is 0 Å².